The third-order valence-electron chi connectivity index (χ3n) is 3.76. The molecule has 0 aliphatic heterocycles. The van der Waals surface area contributed by atoms with Gasteiger partial charge in [-0.1, -0.05) is 34.1 Å². The Kier molecular flexibility index (Phi) is 7.01. The van der Waals surface area contributed by atoms with E-state index in [4.69, 9.17) is 0 Å². The number of thiazole rings is 1. The van der Waals surface area contributed by atoms with Crippen molar-refractivity contribution in [3.05, 3.63) is 16.1 Å². The molecule has 110 valence electrons. The van der Waals surface area contributed by atoms with Crippen LogP contribution in [0, 0.1) is 18.3 Å². The van der Waals surface area contributed by atoms with E-state index in [1.165, 1.54) is 36.3 Å². The minimum atomic E-state index is 0.417. The molecule has 0 amide bonds. The van der Waals surface area contributed by atoms with Crippen LogP contribution in [0.25, 0.3) is 0 Å². The van der Waals surface area contributed by atoms with Crippen molar-refractivity contribution in [3.8, 4) is 0 Å². The molecule has 0 fully saturated rings. The van der Waals surface area contributed by atoms with Crippen LogP contribution in [0.2, 0.25) is 0 Å². The Morgan fingerprint density at radius 3 is 2.63 bits per heavy atom. The Balaban J connectivity index is 2.48. The molecule has 1 N–H and O–H groups in total. The molecule has 0 spiro atoms. The number of hydrogen-bond donors (Lipinski definition) is 1. The van der Waals surface area contributed by atoms with Crippen molar-refractivity contribution in [2.24, 2.45) is 11.3 Å². The van der Waals surface area contributed by atoms with Crippen molar-refractivity contribution >= 4 is 11.3 Å². The number of aryl methyl sites for hydroxylation is 2. The van der Waals surface area contributed by atoms with Gasteiger partial charge in [0.05, 0.1) is 11.2 Å². The summed E-state index contributed by atoms with van der Waals surface area (Å²) in [5.41, 5.74) is 3.61. The van der Waals surface area contributed by atoms with E-state index in [1.54, 1.807) is 11.3 Å². The molecule has 0 radical (unpaired) electrons. The first-order chi connectivity index (χ1) is 8.97. The first-order valence-corrected chi connectivity index (χ1v) is 8.44. The quantitative estimate of drug-likeness (QED) is 0.724. The zero-order chi connectivity index (χ0) is 14.3. The Morgan fingerprint density at radius 2 is 2.11 bits per heavy atom. The lowest BCUT2D eigenvalue weighted by Crippen LogP contribution is -2.34. The molecule has 0 aliphatic carbocycles. The minimum Gasteiger partial charge on any atom is -0.316 e. The summed E-state index contributed by atoms with van der Waals surface area (Å²) in [6.45, 7) is 13.6. The van der Waals surface area contributed by atoms with Crippen molar-refractivity contribution in [3.63, 3.8) is 0 Å². The second-order valence-electron chi connectivity index (χ2n) is 6.45. The van der Waals surface area contributed by atoms with Crippen molar-refractivity contribution in [1.29, 1.82) is 0 Å². The molecule has 3 heteroatoms. The van der Waals surface area contributed by atoms with Crippen LogP contribution in [-0.2, 0) is 6.42 Å². The fourth-order valence-electron chi connectivity index (χ4n) is 2.55. The summed E-state index contributed by atoms with van der Waals surface area (Å²) in [7, 11) is 0. The highest BCUT2D eigenvalue weighted by Crippen LogP contribution is 2.30. The van der Waals surface area contributed by atoms with Crippen LogP contribution in [0.1, 0.15) is 57.5 Å². The maximum atomic E-state index is 4.35. The molecule has 1 heterocycles. The molecule has 1 atom stereocenters. The maximum Gasteiger partial charge on any atom is 0.0797 e. The van der Waals surface area contributed by atoms with Crippen LogP contribution in [0.3, 0.4) is 0 Å². The molecular weight excluding hydrogens is 252 g/mol. The molecule has 0 aromatic carbocycles. The minimum absolute atomic E-state index is 0.417. The largest absolute Gasteiger partial charge is 0.316 e. The van der Waals surface area contributed by atoms with Crippen LogP contribution >= 0.6 is 11.3 Å². The van der Waals surface area contributed by atoms with E-state index < -0.39 is 0 Å². The predicted molar refractivity (Wildman–Crippen MR) is 85.9 cm³/mol. The lowest BCUT2D eigenvalue weighted by Gasteiger charge is -2.30. The van der Waals surface area contributed by atoms with Gasteiger partial charge < -0.3 is 5.32 Å². The van der Waals surface area contributed by atoms with E-state index in [0.717, 1.165) is 19.0 Å². The third-order valence-corrected chi connectivity index (χ3v) is 4.75. The van der Waals surface area contributed by atoms with Gasteiger partial charge in [0.15, 0.2) is 0 Å². The summed E-state index contributed by atoms with van der Waals surface area (Å²) in [6, 6.07) is 0. The highest BCUT2D eigenvalue weighted by Gasteiger charge is 2.23. The van der Waals surface area contributed by atoms with Crippen molar-refractivity contribution < 1.29 is 0 Å². The van der Waals surface area contributed by atoms with Gasteiger partial charge in [0.25, 0.3) is 0 Å². The van der Waals surface area contributed by atoms with Gasteiger partial charge >= 0.3 is 0 Å². The smallest absolute Gasteiger partial charge is 0.0797 e. The van der Waals surface area contributed by atoms with E-state index in [0.29, 0.717) is 5.41 Å². The second-order valence-corrected chi connectivity index (χ2v) is 7.39. The Hall–Kier alpha value is -0.410. The molecule has 1 aromatic heterocycles. The molecule has 2 nitrogen and oxygen atoms in total. The van der Waals surface area contributed by atoms with Gasteiger partial charge in [0, 0.05) is 11.4 Å². The average molecular weight is 282 g/mol. The zero-order valence-electron chi connectivity index (χ0n) is 13.3. The SMILES string of the molecule is CCCC(C)(CCc1scnc1C)CNCC(C)C. The Labute approximate surface area is 123 Å². The van der Waals surface area contributed by atoms with Gasteiger partial charge in [-0.3, -0.25) is 0 Å². The normalized spacial score (nSPS) is 14.8. The summed E-state index contributed by atoms with van der Waals surface area (Å²) < 4.78 is 0. The lowest BCUT2D eigenvalue weighted by atomic mass is 9.80. The second kappa shape index (κ2) is 8.01. The Morgan fingerprint density at radius 1 is 1.37 bits per heavy atom. The highest BCUT2D eigenvalue weighted by molar-refractivity contribution is 7.09. The molecule has 19 heavy (non-hydrogen) atoms. The van der Waals surface area contributed by atoms with Crippen LogP contribution < -0.4 is 5.32 Å². The summed E-state index contributed by atoms with van der Waals surface area (Å²) in [5, 5.41) is 3.64. The molecule has 0 saturated heterocycles. The summed E-state index contributed by atoms with van der Waals surface area (Å²) in [5.74, 6) is 0.731. The molecule has 1 rings (SSSR count). The number of nitrogens with one attached hydrogen (secondary N) is 1. The third kappa shape index (κ3) is 6.05. The monoisotopic (exact) mass is 282 g/mol. The van der Waals surface area contributed by atoms with Crippen LogP contribution in [0.15, 0.2) is 5.51 Å². The zero-order valence-corrected chi connectivity index (χ0v) is 14.1. The first kappa shape index (κ1) is 16.6. The van der Waals surface area contributed by atoms with Crippen molar-refractivity contribution in [1.82, 2.24) is 10.3 Å². The van der Waals surface area contributed by atoms with Crippen molar-refractivity contribution in [2.45, 2.75) is 60.3 Å². The molecule has 1 aromatic rings. The van der Waals surface area contributed by atoms with Gasteiger partial charge in [0.2, 0.25) is 0 Å². The number of rotatable bonds is 9. The Bertz CT molecular complexity index is 359. The van der Waals surface area contributed by atoms with Gasteiger partial charge in [-0.2, -0.15) is 0 Å². The van der Waals surface area contributed by atoms with E-state index >= 15 is 0 Å². The standard InChI is InChI=1S/C16H30N2S/c1-6-8-16(5,11-17-10-13(2)3)9-7-15-14(4)18-12-19-15/h12-13,17H,6-11H2,1-5H3. The van der Waals surface area contributed by atoms with E-state index in [2.05, 4.69) is 44.9 Å². The van der Waals surface area contributed by atoms with Gasteiger partial charge in [-0.05, 0) is 44.1 Å². The summed E-state index contributed by atoms with van der Waals surface area (Å²) >= 11 is 1.81. The fourth-order valence-corrected chi connectivity index (χ4v) is 3.33. The van der Waals surface area contributed by atoms with E-state index in [1.807, 2.05) is 5.51 Å². The first-order valence-electron chi connectivity index (χ1n) is 7.56. The fraction of sp³-hybridized carbons (Fsp3) is 0.812. The molecule has 0 saturated carbocycles. The van der Waals surface area contributed by atoms with E-state index in [-0.39, 0.29) is 0 Å². The molecule has 0 aliphatic rings. The van der Waals surface area contributed by atoms with Gasteiger partial charge in [0.1, 0.15) is 0 Å². The van der Waals surface area contributed by atoms with Gasteiger partial charge in [-0.15, -0.1) is 11.3 Å². The summed E-state index contributed by atoms with van der Waals surface area (Å²) in [6.07, 6.45) is 5.00. The summed E-state index contributed by atoms with van der Waals surface area (Å²) in [4.78, 5) is 5.82. The average Bonchev–Trinajstić information content (AvgIpc) is 2.72. The van der Waals surface area contributed by atoms with Crippen LogP contribution in [0.4, 0.5) is 0 Å². The molecular formula is C16H30N2S. The van der Waals surface area contributed by atoms with Gasteiger partial charge in [-0.25, -0.2) is 4.98 Å². The molecule has 1 unspecified atom stereocenters. The van der Waals surface area contributed by atoms with Crippen LogP contribution in [-0.4, -0.2) is 18.1 Å². The van der Waals surface area contributed by atoms with Crippen LogP contribution in [0.5, 0.6) is 0 Å². The maximum absolute atomic E-state index is 4.35. The predicted octanol–water partition coefficient (Wildman–Crippen LogP) is 4.44. The topological polar surface area (TPSA) is 24.9 Å². The van der Waals surface area contributed by atoms with Crippen molar-refractivity contribution in [2.75, 3.05) is 13.1 Å². The lowest BCUT2D eigenvalue weighted by molar-refractivity contribution is 0.252. The number of aromatic nitrogens is 1. The molecule has 0 bridgehead atoms. The number of hydrogen-bond acceptors (Lipinski definition) is 3. The highest BCUT2D eigenvalue weighted by atomic mass is 32.1. The number of nitrogens with zero attached hydrogens (tertiary/aromatic N) is 1. The van der Waals surface area contributed by atoms with E-state index in [9.17, 15) is 0 Å².